The van der Waals surface area contributed by atoms with Gasteiger partial charge in [-0.3, -0.25) is 0 Å². The van der Waals surface area contributed by atoms with Crippen molar-refractivity contribution in [2.45, 2.75) is 57.4 Å². The van der Waals surface area contributed by atoms with E-state index in [1.165, 1.54) is 12.8 Å². The van der Waals surface area contributed by atoms with Crippen LogP contribution in [0.3, 0.4) is 0 Å². The van der Waals surface area contributed by atoms with Crippen molar-refractivity contribution in [2.24, 2.45) is 0 Å². The molecule has 2 aliphatic rings. The van der Waals surface area contributed by atoms with Crippen LogP contribution in [0.5, 0.6) is 0 Å². The van der Waals surface area contributed by atoms with Crippen molar-refractivity contribution in [1.82, 2.24) is 20.1 Å². The molecule has 3 heterocycles. The molecule has 1 saturated heterocycles. The molecule has 25 heavy (non-hydrogen) atoms. The molecule has 7 heteroatoms. The van der Waals surface area contributed by atoms with Crippen LogP contribution in [0.2, 0.25) is 0 Å². The van der Waals surface area contributed by atoms with Gasteiger partial charge in [0.1, 0.15) is 11.6 Å². The normalized spacial score (nSPS) is 21.1. The number of aryl methyl sites for hydroxylation is 1. The topological polar surface area (TPSA) is 77.2 Å². The average molecular weight is 343 g/mol. The van der Waals surface area contributed by atoms with Gasteiger partial charge < -0.3 is 14.2 Å². The van der Waals surface area contributed by atoms with Gasteiger partial charge in [0.15, 0.2) is 5.82 Å². The predicted octanol–water partition coefficient (Wildman–Crippen LogP) is 2.97. The minimum absolute atomic E-state index is 0.369. The molecule has 0 amide bonds. The summed E-state index contributed by atoms with van der Waals surface area (Å²) in [7, 11) is 2.00. The Labute approximate surface area is 147 Å². The molecule has 0 radical (unpaired) electrons. The lowest BCUT2D eigenvalue weighted by atomic mass is 10.0. The van der Waals surface area contributed by atoms with Crippen LogP contribution in [-0.2, 0) is 11.3 Å². The summed E-state index contributed by atoms with van der Waals surface area (Å²) in [6.07, 6.45) is 5.87. The summed E-state index contributed by atoms with van der Waals surface area (Å²) in [4.78, 5) is 15.8. The SMILES string of the molecule is Cc1nc([C@@H]2CCOC2)cc(N(C)Cc2noc(C3CCCC3)n2)n1. The van der Waals surface area contributed by atoms with Gasteiger partial charge in [-0.25, -0.2) is 9.97 Å². The first-order chi connectivity index (χ1) is 12.2. The lowest BCUT2D eigenvalue weighted by molar-refractivity contribution is 0.193. The first-order valence-electron chi connectivity index (χ1n) is 9.16. The molecule has 0 unspecified atom stereocenters. The van der Waals surface area contributed by atoms with E-state index in [1.54, 1.807) is 0 Å². The summed E-state index contributed by atoms with van der Waals surface area (Å²) >= 11 is 0. The van der Waals surface area contributed by atoms with E-state index in [9.17, 15) is 0 Å². The molecule has 1 aliphatic heterocycles. The largest absolute Gasteiger partial charge is 0.381 e. The molecule has 1 saturated carbocycles. The van der Waals surface area contributed by atoms with Crippen molar-refractivity contribution >= 4 is 5.82 Å². The maximum atomic E-state index is 5.49. The van der Waals surface area contributed by atoms with Gasteiger partial charge in [-0.2, -0.15) is 4.98 Å². The zero-order valence-electron chi connectivity index (χ0n) is 14.9. The van der Waals surface area contributed by atoms with Crippen LogP contribution in [0.4, 0.5) is 5.82 Å². The van der Waals surface area contributed by atoms with E-state index in [4.69, 9.17) is 9.26 Å². The van der Waals surface area contributed by atoms with Crippen LogP contribution >= 0.6 is 0 Å². The van der Waals surface area contributed by atoms with Crippen LogP contribution in [0.15, 0.2) is 10.6 Å². The molecule has 2 aromatic heterocycles. The van der Waals surface area contributed by atoms with Gasteiger partial charge in [-0.1, -0.05) is 18.0 Å². The highest BCUT2D eigenvalue weighted by molar-refractivity contribution is 5.40. The molecule has 0 aromatic carbocycles. The Kier molecular flexibility index (Phi) is 4.65. The lowest BCUT2D eigenvalue weighted by Gasteiger charge is -2.18. The van der Waals surface area contributed by atoms with Crippen LogP contribution < -0.4 is 4.90 Å². The zero-order valence-corrected chi connectivity index (χ0v) is 14.9. The van der Waals surface area contributed by atoms with E-state index in [0.717, 1.165) is 55.7 Å². The summed E-state index contributed by atoms with van der Waals surface area (Å²) in [5.74, 6) is 4.00. The number of rotatable bonds is 5. The van der Waals surface area contributed by atoms with Gasteiger partial charge in [0.25, 0.3) is 0 Å². The highest BCUT2D eigenvalue weighted by Crippen LogP contribution is 2.33. The molecule has 0 spiro atoms. The zero-order chi connectivity index (χ0) is 17.2. The van der Waals surface area contributed by atoms with Crippen LogP contribution in [0.1, 0.15) is 67.2 Å². The second-order valence-corrected chi connectivity index (χ2v) is 7.15. The van der Waals surface area contributed by atoms with E-state index in [0.29, 0.717) is 24.2 Å². The fourth-order valence-electron chi connectivity index (χ4n) is 3.71. The molecule has 134 valence electrons. The van der Waals surface area contributed by atoms with E-state index in [-0.39, 0.29) is 0 Å². The molecule has 1 aliphatic carbocycles. The molecular weight excluding hydrogens is 318 g/mol. The summed E-state index contributed by atoms with van der Waals surface area (Å²) < 4.78 is 11.0. The highest BCUT2D eigenvalue weighted by Gasteiger charge is 2.24. The highest BCUT2D eigenvalue weighted by atomic mass is 16.5. The molecule has 1 atom stereocenters. The van der Waals surface area contributed by atoms with Crippen molar-refractivity contribution in [1.29, 1.82) is 0 Å². The molecule has 0 N–H and O–H groups in total. The van der Waals surface area contributed by atoms with Gasteiger partial charge in [0.2, 0.25) is 5.89 Å². The second-order valence-electron chi connectivity index (χ2n) is 7.15. The second kappa shape index (κ2) is 7.07. The summed E-state index contributed by atoms with van der Waals surface area (Å²) in [6.45, 7) is 4.07. The number of ether oxygens (including phenoxy) is 1. The van der Waals surface area contributed by atoms with Gasteiger partial charge in [-0.05, 0) is 26.2 Å². The van der Waals surface area contributed by atoms with Crippen molar-refractivity contribution in [2.75, 3.05) is 25.2 Å². The number of nitrogens with zero attached hydrogens (tertiary/aromatic N) is 5. The minimum Gasteiger partial charge on any atom is -0.381 e. The monoisotopic (exact) mass is 343 g/mol. The number of hydrogen-bond donors (Lipinski definition) is 0. The Morgan fingerprint density at radius 1 is 1.12 bits per heavy atom. The van der Waals surface area contributed by atoms with Crippen molar-refractivity contribution in [3.63, 3.8) is 0 Å². The van der Waals surface area contributed by atoms with E-state index >= 15 is 0 Å². The molecule has 0 bridgehead atoms. The third kappa shape index (κ3) is 3.66. The quantitative estimate of drug-likeness (QED) is 0.826. The number of hydrogen-bond acceptors (Lipinski definition) is 7. The fraction of sp³-hybridized carbons (Fsp3) is 0.667. The van der Waals surface area contributed by atoms with Gasteiger partial charge in [0.05, 0.1) is 18.8 Å². The average Bonchev–Trinajstić information content (AvgIpc) is 3.35. The lowest BCUT2D eigenvalue weighted by Crippen LogP contribution is -2.20. The maximum absolute atomic E-state index is 5.49. The maximum Gasteiger partial charge on any atom is 0.229 e. The van der Waals surface area contributed by atoms with Gasteiger partial charge in [-0.15, -0.1) is 0 Å². The Morgan fingerprint density at radius 2 is 1.96 bits per heavy atom. The summed E-state index contributed by atoms with van der Waals surface area (Å²) in [5.41, 5.74) is 1.06. The Balaban J connectivity index is 1.47. The molecule has 2 aromatic rings. The fourth-order valence-corrected chi connectivity index (χ4v) is 3.71. The standard InChI is InChI=1S/C18H25N5O2/c1-12-19-15(14-7-8-24-11-14)9-17(20-12)23(2)10-16-21-18(25-22-16)13-5-3-4-6-13/h9,13-14H,3-8,10-11H2,1-2H3/t14-/m1/s1. The predicted molar refractivity (Wildman–Crippen MR) is 92.6 cm³/mol. The van der Waals surface area contributed by atoms with E-state index < -0.39 is 0 Å². The first kappa shape index (κ1) is 16.4. The van der Waals surface area contributed by atoms with Crippen molar-refractivity contribution < 1.29 is 9.26 Å². The van der Waals surface area contributed by atoms with E-state index in [2.05, 4.69) is 31.1 Å². The smallest absolute Gasteiger partial charge is 0.229 e. The first-order valence-corrected chi connectivity index (χ1v) is 9.16. The van der Waals surface area contributed by atoms with Crippen LogP contribution in [0.25, 0.3) is 0 Å². The number of anilines is 1. The molecule has 4 rings (SSSR count). The van der Waals surface area contributed by atoms with Crippen molar-refractivity contribution in [3.8, 4) is 0 Å². The summed E-state index contributed by atoms with van der Waals surface area (Å²) in [5, 5.41) is 4.16. The summed E-state index contributed by atoms with van der Waals surface area (Å²) in [6, 6.07) is 2.06. The van der Waals surface area contributed by atoms with Gasteiger partial charge in [0, 0.05) is 31.6 Å². The third-order valence-electron chi connectivity index (χ3n) is 5.15. The van der Waals surface area contributed by atoms with Crippen molar-refractivity contribution in [3.05, 3.63) is 29.3 Å². The Bertz CT molecular complexity index is 720. The Morgan fingerprint density at radius 3 is 2.72 bits per heavy atom. The third-order valence-corrected chi connectivity index (χ3v) is 5.15. The van der Waals surface area contributed by atoms with E-state index in [1.807, 2.05) is 14.0 Å². The minimum atomic E-state index is 0.369. The van der Waals surface area contributed by atoms with Crippen LogP contribution in [0, 0.1) is 6.92 Å². The Hall–Kier alpha value is -2.02. The molecular formula is C18H25N5O2. The van der Waals surface area contributed by atoms with Crippen LogP contribution in [-0.4, -0.2) is 40.4 Å². The number of aromatic nitrogens is 4. The van der Waals surface area contributed by atoms with Gasteiger partial charge >= 0.3 is 0 Å². The molecule has 7 nitrogen and oxygen atoms in total. The molecule has 2 fully saturated rings.